The monoisotopic (exact) mass is 367 g/mol. The first-order chi connectivity index (χ1) is 11.8. The molecule has 0 aliphatic heterocycles. The molecule has 0 aromatic heterocycles. The Morgan fingerprint density at radius 2 is 1.76 bits per heavy atom. The SMILES string of the molecule is CC[C@H](NS(=O)(=O)c1ccc(F)c(C)c1)c1ccc(OC)c(OC)c1. The van der Waals surface area contributed by atoms with Crippen molar-refractivity contribution in [1.82, 2.24) is 4.72 Å². The average molecular weight is 367 g/mol. The van der Waals surface area contributed by atoms with Crippen LogP contribution in [0.5, 0.6) is 11.5 Å². The molecular weight excluding hydrogens is 345 g/mol. The van der Waals surface area contributed by atoms with Gasteiger partial charge in [-0.15, -0.1) is 0 Å². The number of hydrogen-bond donors (Lipinski definition) is 1. The third-order valence-electron chi connectivity index (χ3n) is 3.96. The fourth-order valence-electron chi connectivity index (χ4n) is 2.50. The van der Waals surface area contributed by atoms with Gasteiger partial charge in [-0.1, -0.05) is 13.0 Å². The molecule has 2 rings (SSSR count). The number of hydrogen-bond acceptors (Lipinski definition) is 4. The Kier molecular flexibility index (Phi) is 6.02. The van der Waals surface area contributed by atoms with Crippen molar-refractivity contribution in [2.75, 3.05) is 14.2 Å². The maximum absolute atomic E-state index is 13.4. The second-order valence-electron chi connectivity index (χ2n) is 5.61. The summed E-state index contributed by atoms with van der Waals surface area (Å²) in [5.41, 5.74) is 1.03. The molecule has 0 unspecified atom stereocenters. The number of rotatable bonds is 7. The van der Waals surface area contributed by atoms with Gasteiger partial charge in [-0.25, -0.2) is 17.5 Å². The molecule has 2 aromatic rings. The molecule has 0 aliphatic rings. The lowest BCUT2D eigenvalue weighted by Crippen LogP contribution is -2.28. The fraction of sp³-hybridized carbons (Fsp3) is 0.333. The van der Waals surface area contributed by atoms with Gasteiger partial charge < -0.3 is 9.47 Å². The van der Waals surface area contributed by atoms with E-state index < -0.39 is 21.9 Å². The van der Waals surface area contributed by atoms with Gasteiger partial charge in [-0.3, -0.25) is 0 Å². The molecule has 25 heavy (non-hydrogen) atoms. The quantitative estimate of drug-likeness (QED) is 0.812. The summed E-state index contributed by atoms with van der Waals surface area (Å²) < 4.78 is 51.8. The Morgan fingerprint density at radius 1 is 1.08 bits per heavy atom. The molecule has 0 fully saturated rings. The van der Waals surface area contributed by atoms with E-state index in [1.54, 1.807) is 18.2 Å². The topological polar surface area (TPSA) is 64.6 Å². The smallest absolute Gasteiger partial charge is 0.241 e. The number of benzene rings is 2. The molecule has 0 amide bonds. The minimum Gasteiger partial charge on any atom is -0.493 e. The van der Waals surface area contributed by atoms with Crippen LogP contribution in [0.4, 0.5) is 4.39 Å². The van der Waals surface area contributed by atoms with Gasteiger partial charge in [-0.2, -0.15) is 0 Å². The van der Waals surface area contributed by atoms with Crippen molar-refractivity contribution in [2.45, 2.75) is 31.2 Å². The number of nitrogens with one attached hydrogen (secondary N) is 1. The first-order valence-corrected chi connectivity index (χ1v) is 9.31. The summed E-state index contributed by atoms with van der Waals surface area (Å²) in [6.07, 6.45) is 0.537. The molecule has 0 aliphatic carbocycles. The number of sulfonamides is 1. The molecule has 0 spiro atoms. The van der Waals surface area contributed by atoms with Crippen LogP contribution in [0.3, 0.4) is 0 Å². The Balaban J connectivity index is 2.33. The molecule has 0 bridgehead atoms. The van der Waals surface area contributed by atoms with Crippen molar-refractivity contribution in [2.24, 2.45) is 0 Å². The van der Waals surface area contributed by atoms with Crippen LogP contribution in [0, 0.1) is 12.7 Å². The van der Waals surface area contributed by atoms with Crippen LogP contribution in [-0.4, -0.2) is 22.6 Å². The summed E-state index contributed by atoms with van der Waals surface area (Å²) in [4.78, 5) is 0.0327. The van der Waals surface area contributed by atoms with E-state index in [4.69, 9.17) is 9.47 Å². The number of ether oxygens (including phenoxy) is 2. The minimum absolute atomic E-state index is 0.0327. The first-order valence-electron chi connectivity index (χ1n) is 7.82. The molecule has 5 nitrogen and oxygen atoms in total. The van der Waals surface area contributed by atoms with Gasteiger partial charge in [0.15, 0.2) is 11.5 Å². The number of halogens is 1. The summed E-state index contributed by atoms with van der Waals surface area (Å²) in [6, 6.07) is 8.54. The maximum atomic E-state index is 13.4. The average Bonchev–Trinajstić information content (AvgIpc) is 2.61. The van der Waals surface area contributed by atoms with Crippen molar-refractivity contribution >= 4 is 10.0 Å². The largest absolute Gasteiger partial charge is 0.493 e. The summed E-state index contributed by atoms with van der Waals surface area (Å²) >= 11 is 0. The summed E-state index contributed by atoms with van der Waals surface area (Å²) in [5, 5.41) is 0. The van der Waals surface area contributed by atoms with Gasteiger partial charge in [0.25, 0.3) is 0 Å². The highest BCUT2D eigenvalue weighted by molar-refractivity contribution is 7.89. The van der Waals surface area contributed by atoms with E-state index in [9.17, 15) is 12.8 Å². The molecule has 136 valence electrons. The van der Waals surface area contributed by atoms with E-state index in [2.05, 4.69) is 4.72 Å². The van der Waals surface area contributed by atoms with Gasteiger partial charge >= 0.3 is 0 Å². The van der Waals surface area contributed by atoms with E-state index in [0.29, 0.717) is 17.9 Å². The van der Waals surface area contributed by atoms with Crippen LogP contribution in [0.15, 0.2) is 41.3 Å². The Hall–Kier alpha value is -2.12. The van der Waals surface area contributed by atoms with Crippen LogP contribution in [0.25, 0.3) is 0 Å². The highest BCUT2D eigenvalue weighted by atomic mass is 32.2. The number of methoxy groups -OCH3 is 2. The van der Waals surface area contributed by atoms with E-state index in [1.165, 1.54) is 33.3 Å². The molecule has 0 radical (unpaired) electrons. The van der Waals surface area contributed by atoms with Crippen LogP contribution >= 0.6 is 0 Å². The predicted molar refractivity (Wildman–Crippen MR) is 94.0 cm³/mol. The predicted octanol–water partition coefficient (Wildman–Crippen LogP) is 3.58. The van der Waals surface area contributed by atoms with Gasteiger partial charge in [0.05, 0.1) is 19.1 Å². The van der Waals surface area contributed by atoms with Crippen molar-refractivity contribution in [3.63, 3.8) is 0 Å². The van der Waals surface area contributed by atoms with Crippen molar-refractivity contribution in [1.29, 1.82) is 0 Å². The standard InChI is InChI=1S/C18H22FNO4S/c1-5-16(13-6-9-17(23-3)18(11-13)24-4)20-25(21,22)14-7-8-15(19)12(2)10-14/h6-11,16,20H,5H2,1-4H3/t16-/m0/s1. The zero-order valence-corrected chi connectivity index (χ0v) is 15.5. The number of aryl methyl sites for hydroxylation is 1. The van der Waals surface area contributed by atoms with Crippen molar-refractivity contribution < 1.29 is 22.3 Å². The lowest BCUT2D eigenvalue weighted by molar-refractivity contribution is 0.354. The van der Waals surface area contributed by atoms with Crippen molar-refractivity contribution in [3.05, 3.63) is 53.3 Å². The third kappa shape index (κ3) is 4.29. The zero-order chi connectivity index (χ0) is 18.6. The van der Waals surface area contributed by atoms with Gasteiger partial charge in [0, 0.05) is 6.04 Å². The second kappa shape index (κ2) is 7.84. The minimum atomic E-state index is -3.78. The first kappa shape index (κ1) is 19.2. The lowest BCUT2D eigenvalue weighted by atomic mass is 10.1. The highest BCUT2D eigenvalue weighted by Gasteiger charge is 2.22. The second-order valence-corrected chi connectivity index (χ2v) is 7.32. The zero-order valence-electron chi connectivity index (χ0n) is 14.7. The summed E-state index contributed by atoms with van der Waals surface area (Å²) in [7, 11) is -0.725. The van der Waals surface area contributed by atoms with E-state index in [-0.39, 0.29) is 10.5 Å². The molecule has 7 heteroatoms. The van der Waals surface area contributed by atoms with Gasteiger partial charge in [0.2, 0.25) is 10.0 Å². The van der Waals surface area contributed by atoms with Crippen LogP contribution in [0.1, 0.15) is 30.5 Å². The summed E-state index contributed by atoms with van der Waals surface area (Å²) in [5.74, 6) is 0.652. The van der Waals surface area contributed by atoms with Crippen molar-refractivity contribution in [3.8, 4) is 11.5 Å². The van der Waals surface area contributed by atoms with E-state index >= 15 is 0 Å². The normalized spacial score (nSPS) is 12.7. The molecule has 1 atom stereocenters. The maximum Gasteiger partial charge on any atom is 0.241 e. The molecule has 2 aromatic carbocycles. The molecule has 0 saturated carbocycles. The molecule has 0 saturated heterocycles. The summed E-state index contributed by atoms with van der Waals surface area (Å²) in [6.45, 7) is 3.40. The Labute approximate surface area is 147 Å². The van der Waals surface area contributed by atoms with Crippen LogP contribution < -0.4 is 14.2 Å². The van der Waals surface area contributed by atoms with Crippen LogP contribution in [0.2, 0.25) is 0 Å². The van der Waals surface area contributed by atoms with Gasteiger partial charge in [0.1, 0.15) is 5.82 Å². The van der Waals surface area contributed by atoms with E-state index in [0.717, 1.165) is 11.6 Å². The lowest BCUT2D eigenvalue weighted by Gasteiger charge is -2.19. The Morgan fingerprint density at radius 3 is 2.32 bits per heavy atom. The fourth-order valence-corrected chi connectivity index (χ4v) is 3.89. The molecule has 0 heterocycles. The molecule has 1 N–H and O–H groups in total. The van der Waals surface area contributed by atoms with Gasteiger partial charge in [-0.05, 0) is 54.8 Å². The molecular formula is C18H22FNO4S. The third-order valence-corrected chi connectivity index (χ3v) is 5.42. The highest BCUT2D eigenvalue weighted by Crippen LogP contribution is 2.31. The van der Waals surface area contributed by atoms with E-state index in [1.807, 2.05) is 6.92 Å². The Bertz CT molecular complexity index is 852. The van der Waals surface area contributed by atoms with Crippen LogP contribution in [-0.2, 0) is 10.0 Å².